The van der Waals surface area contributed by atoms with Gasteiger partial charge in [0.05, 0.1) is 13.2 Å². The van der Waals surface area contributed by atoms with E-state index in [1.54, 1.807) is 0 Å². The summed E-state index contributed by atoms with van der Waals surface area (Å²) in [6, 6.07) is 0. The van der Waals surface area contributed by atoms with Crippen molar-refractivity contribution in [2.24, 2.45) is 16.3 Å². The Labute approximate surface area is 158 Å². The van der Waals surface area contributed by atoms with Crippen LogP contribution in [0.2, 0.25) is 0 Å². The lowest BCUT2D eigenvalue weighted by molar-refractivity contribution is 0.104. The van der Waals surface area contributed by atoms with Crippen LogP contribution in [0.4, 0.5) is 0 Å². The molecule has 23 heavy (non-hydrogen) atoms. The number of rotatable bonds is 7. The van der Waals surface area contributed by atoms with Gasteiger partial charge in [0.25, 0.3) is 0 Å². The van der Waals surface area contributed by atoms with Gasteiger partial charge in [-0.3, -0.25) is 4.99 Å². The first-order valence-electron chi connectivity index (χ1n) is 8.84. The van der Waals surface area contributed by atoms with Crippen molar-refractivity contribution in [3.05, 3.63) is 11.6 Å². The van der Waals surface area contributed by atoms with Gasteiger partial charge in [-0.25, -0.2) is 0 Å². The minimum Gasteiger partial charge on any atom is -0.377 e. The molecule has 1 saturated carbocycles. The SMILES string of the molecule is CN=C(NCCC1=CCOCC1)NCC1(CC(C)C)CCC1.I. The molecule has 0 saturated heterocycles. The van der Waals surface area contributed by atoms with E-state index in [2.05, 4.69) is 35.5 Å². The Bertz CT molecular complexity index is 403. The first-order chi connectivity index (χ1) is 10.6. The van der Waals surface area contributed by atoms with Gasteiger partial charge in [0.1, 0.15) is 0 Å². The van der Waals surface area contributed by atoms with E-state index in [4.69, 9.17) is 4.74 Å². The molecule has 1 aliphatic heterocycles. The van der Waals surface area contributed by atoms with Crippen molar-refractivity contribution in [1.82, 2.24) is 10.6 Å². The maximum atomic E-state index is 5.34. The van der Waals surface area contributed by atoms with Crippen LogP contribution < -0.4 is 10.6 Å². The summed E-state index contributed by atoms with van der Waals surface area (Å²) in [4.78, 5) is 4.36. The van der Waals surface area contributed by atoms with Gasteiger partial charge in [-0.15, -0.1) is 24.0 Å². The van der Waals surface area contributed by atoms with Crippen LogP contribution in [-0.2, 0) is 4.74 Å². The van der Waals surface area contributed by atoms with Crippen molar-refractivity contribution in [2.75, 3.05) is 33.4 Å². The summed E-state index contributed by atoms with van der Waals surface area (Å²) < 4.78 is 5.34. The summed E-state index contributed by atoms with van der Waals surface area (Å²) >= 11 is 0. The number of hydrogen-bond donors (Lipinski definition) is 2. The first-order valence-corrected chi connectivity index (χ1v) is 8.84. The van der Waals surface area contributed by atoms with Gasteiger partial charge in [0.15, 0.2) is 5.96 Å². The second-order valence-electron chi connectivity index (χ2n) is 7.24. The predicted molar refractivity (Wildman–Crippen MR) is 109 cm³/mol. The summed E-state index contributed by atoms with van der Waals surface area (Å²) in [6.45, 7) is 8.31. The van der Waals surface area contributed by atoms with Crippen molar-refractivity contribution in [3.63, 3.8) is 0 Å². The Morgan fingerprint density at radius 2 is 2.13 bits per heavy atom. The Morgan fingerprint density at radius 1 is 1.35 bits per heavy atom. The second-order valence-corrected chi connectivity index (χ2v) is 7.24. The highest BCUT2D eigenvalue weighted by Crippen LogP contribution is 2.45. The largest absolute Gasteiger partial charge is 0.377 e. The molecule has 0 spiro atoms. The van der Waals surface area contributed by atoms with Gasteiger partial charge in [-0.1, -0.05) is 31.9 Å². The molecule has 2 aliphatic rings. The molecule has 0 aromatic carbocycles. The maximum Gasteiger partial charge on any atom is 0.191 e. The van der Waals surface area contributed by atoms with Gasteiger partial charge < -0.3 is 15.4 Å². The fourth-order valence-electron chi connectivity index (χ4n) is 3.62. The van der Waals surface area contributed by atoms with Crippen molar-refractivity contribution in [1.29, 1.82) is 0 Å². The van der Waals surface area contributed by atoms with Gasteiger partial charge >= 0.3 is 0 Å². The highest BCUT2D eigenvalue weighted by Gasteiger charge is 2.37. The summed E-state index contributed by atoms with van der Waals surface area (Å²) in [5, 5.41) is 7.00. The highest BCUT2D eigenvalue weighted by atomic mass is 127. The zero-order valence-electron chi connectivity index (χ0n) is 15.0. The van der Waals surface area contributed by atoms with Gasteiger partial charge in [-0.05, 0) is 43.4 Å². The van der Waals surface area contributed by atoms with E-state index in [0.717, 1.165) is 51.0 Å². The summed E-state index contributed by atoms with van der Waals surface area (Å²) in [7, 11) is 1.86. The lowest BCUT2D eigenvalue weighted by atomic mass is 9.64. The fraction of sp³-hybridized carbons (Fsp3) is 0.833. The fourth-order valence-corrected chi connectivity index (χ4v) is 3.62. The van der Waals surface area contributed by atoms with Crippen LogP contribution in [0, 0.1) is 11.3 Å². The average Bonchev–Trinajstić information content (AvgIpc) is 2.48. The van der Waals surface area contributed by atoms with Crippen LogP contribution in [0.25, 0.3) is 0 Å². The summed E-state index contributed by atoms with van der Waals surface area (Å²) in [6.07, 6.45) is 9.81. The smallest absolute Gasteiger partial charge is 0.191 e. The Balaban J connectivity index is 0.00000264. The average molecular weight is 435 g/mol. The van der Waals surface area contributed by atoms with Crippen molar-refractivity contribution in [3.8, 4) is 0 Å². The maximum absolute atomic E-state index is 5.34. The second kappa shape index (κ2) is 10.5. The van der Waals surface area contributed by atoms with Crippen molar-refractivity contribution in [2.45, 2.75) is 52.4 Å². The van der Waals surface area contributed by atoms with Crippen LogP contribution >= 0.6 is 24.0 Å². The van der Waals surface area contributed by atoms with Crippen molar-refractivity contribution < 1.29 is 4.74 Å². The van der Waals surface area contributed by atoms with Crippen LogP contribution in [0.15, 0.2) is 16.6 Å². The summed E-state index contributed by atoms with van der Waals surface area (Å²) in [5.41, 5.74) is 2.01. The topological polar surface area (TPSA) is 45.7 Å². The molecular weight excluding hydrogens is 401 g/mol. The molecule has 0 bridgehead atoms. The van der Waals surface area contributed by atoms with Gasteiger partial charge in [-0.2, -0.15) is 0 Å². The molecule has 5 heteroatoms. The van der Waals surface area contributed by atoms with Crippen LogP contribution in [0.1, 0.15) is 52.4 Å². The van der Waals surface area contributed by atoms with Gasteiger partial charge in [0.2, 0.25) is 0 Å². The van der Waals surface area contributed by atoms with E-state index in [-0.39, 0.29) is 24.0 Å². The van der Waals surface area contributed by atoms with E-state index in [9.17, 15) is 0 Å². The molecule has 0 atom stereocenters. The molecule has 2 rings (SSSR count). The molecular formula is C18H34IN3O. The van der Waals surface area contributed by atoms with E-state index < -0.39 is 0 Å². The minimum absolute atomic E-state index is 0. The van der Waals surface area contributed by atoms with Crippen LogP contribution in [0.3, 0.4) is 0 Å². The molecule has 0 unspecified atom stereocenters. The zero-order valence-corrected chi connectivity index (χ0v) is 17.3. The molecule has 1 fully saturated rings. The van der Waals surface area contributed by atoms with E-state index in [1.165, 1.54) is 31.3 Å². The monoisotopic (exact) mass is 435 g/mol. The third-order valence-electron chi connectivity index (χ3n) is 4.91. The number of guanidine groups is 1. The van der Waals surface area contributed by atoms with Crippen molar-refractivity contribution >= 4 is 29.9 Å². The quantitative estimate of drug-likeness (QED) is 0.277. The number of nitrogens with one attached hydrogen (secondary N) is 2. The first kappa shape index (κ1) is 20.7. The molecule has 0 aromatic rings. The lowest BCUT2D eigenvalue weighted by Crippen LogP contribution is -2.47. The molecule has 0 aromatic heterocycles. The normalized spacial score (nSPS) is 20.3. The standard InChI is InChI=1S/C18H33N3O.HI/c1-15(2)13-18(8-4-9-18)14-21-17(19-3)20-10-5-16-6-11-22-12-7-16;/h6,15H,4-5,7-14H2,1-3H3,(H2,19,20,21);1H. The minimum atomic E-state index is 0. The molecule has 4 nitrogen and oxygen atoms in total. The van der Waals surface area contributed by atoms with E-state index in [1.807, 2.05) is 7.05 Å². The molecule has 2 N–H and O–H groups in total. The molecule has 134 valence electrons. The molecule has 0 amide bonds. The number of ether oxygens (including phenoxy) is 1. The number of hydrogen-bond acceptors (Lipinski definition) is 2. The third-order valence-corrected chi connectivity index (χ3v) is 4.91. The molecule has 0 radical (unpaired) electrons. The lowest BCUT2D eigenvalue weighted by Gasteiger charge is -2.43. The Hall–Kier alpha value is -0.300. The highest BCUT2D eigenvalue weighted by molar-refractivity contribution is 14.0. The third kappa shape index (κ3) is 6.99. The van der Waals surface area contributed by atoms with Crippen LogP contribution in [-0.4, -0.2) is 39.3 Å². The van der Waals surface area contributed by atoms with E-state index >= 15 is 0 Å². The van der Waals surface area contributed by atoms with E-state index in [0.29, 0.717) is 5.41 Å². The van der Waals surface area contributed by atoms with Crippen LogP contribution in [0.5, 0.6) is 0 Å². The Kier molecular flexibility index (Phi) is 9.51. The number of nitrogens with zero attached hydrogens (tertiary/aromatic N) is 1. The summed E-state index contributed by atoms with van der Waals surface area (Å²) in [5.74, 6) is 1.72. The molecule has 1 heterocycles. The van der Waals surface area contributed by atoms with Gasteiger partial charge in [0, 0.05) is 20.1 Å². The predicted octanol–water partition coefficient (Wildman–Crippen LogP) is 3.72. The number of aliphatic imine (C=N–C) groups is 1. The number of halogens is 1. The molecule has 1 aliphatic carbocycles. The Morgan fingerprint density at radius 3 is 2.65 bits per heavy atom. The zero-order chi connectivity index (χ0) is 15.8.